The Morgan fingerprint density at radius 3 is 1.80 bits per heavy atom. The van der Waals surface area contributed by atoms with Crippen LogP contribution in [0.25, 0.3) is 0 Å². The second-order valence-corrected chi connectivity index (χ2v) is 1.02. The predicted octanol–water partition coefficient (Wildman–Crippen LogP) is -1.79. The van der Waals surface area contributed by atoms with Gasteiger partial charge in [0.2, 0.25) is 0 Å². The Hall–Kier alpha value is -0.530. The molecular formula is C3H8N2. The van der Waals surface area contributed by atoms with Gasteiger partial charge in [-0.1, -0.05) is 0 Å². The van der Waals surface area contributed by atoms with E-state index in [1.54, 1.807) is 4.90 Å². The van der Waals surface area contributed by atoms with Gasteiger partial charge in [0.1, 0.15) is 0 Å². The first-order valence-electron chi connectivity index (χ1n) is 1.41. The van der Waals surface area contributed by atoms with Crippen LogP contribution in [0.3, 0.4) is 0 Å². The SMILES string of the molecule is CN(C)[C-]=[NH2+]. The summed E-state index contributed by atoms with van der Waals surface area (Å²) in [6.45, 7) is 0. The van der Waals surface area contributed by atoms with E-state index < -0.39 is 0 Å². The summed E-state index contributed by atoms with van der Waals surface area (Å²) in [5.74, 6) is 0. The highest BCUT2D eigenvalue weighted by Gasteiger charge is 1.57. The van der Waals surface area contributed by atoms with E-state index in [9.17, 15) is 0 Å². The van der Waals surface area contributed by atoms with Crippen molar-refractivity contribution in [2.24, 2.45) is 0 Å². The van der Waals surface area contributed by atoms with Crippen molar-refractivity contribution in [3.05, 3.63) is 0 Å². The molecule has 5 heavy (non-hydrogen) atoms. The van der Waals surface area contributed by atoms with Gasteiger partial charge in [-0.25, -0.2) is 0 Å². The molecular weight excluding hydrogens is 64.0 g/mol. The molecule has 0 saturated carbocycles. The number of nitrogens with two attached hydrogens (primary N) is 1. The summed E-state index contributed by atoms with van der Waals surface area (Å²) in [6, 6.07) is 0. The van der Waals surface area contributed by atoms with E-state index in [0.717, 1.165) is 0 Å². The molecule has 0 aliphatic heterocycles. The summed E-state index contributed by atoms with van der Waals surface area (Å²) < 4.78 is 0. The number of rotatable bonds is 1. The lowest BCUT2D eigenvalue weighted by molar-refractivity contribution is -0.115. The summed E-state index contributed by atoms with van der Waals surface area (Å²) >= 11 is 0. The maximum Gasteiger partial charge on any atom is 0.0410 e. The summed E-state index contributed by atoms with van der Waals surface area (Å²) in [5.41, 5.74) is 0. The molecule has 30 valence electrons. The van der Waals surface area contributed by atoms with Crippen LogP contribution in [0.15, 0.2) is 0 Å². The molecule has 0 aromatic carbocycles. The molecule has 0 rings (SSSR count). The predicted molar refractivity (Wildman–Crippen MR) is 20.6 cm³/mol. The fourth-order valence-corrected chi connectivity index (χ4v) is 0. The fraction of sp³-hybridized carbons (Fsp3) is 0.667. The van der Waals surface area contributed by atoms with E-state index in [-0.39, 0.29) is 0 Å². The maximum atomic E-state index is 4.85. The lowest BCUT2D eigenvalue weighted by Crippen LogP contribution is -2.37. The first-order chi connectivity index (χ1) is 2.27. The molecule has 0 amide bonds. The monoisotopic (exact) mass is 72.1 g/mol. The molecule has 0 radical (unpaired) electrons. The maximum absolute atomic E-state index is 4.85. The average molecular weight is 72.1 g/mol. The van der Waals surface area contributed by atoms with Crippen molar-refractivity contribution in [1.29, 1.82) is 0 Å². The lowest BCUT2D eigenvalue weighted by atomic mass is 11.0. The molecule has 2 heteroatoms. The third kappa shape index (κ3) is 3.47. The fourth-order valence-electron chi connectivity index (χ4n) is 0. The van der Waals surface area contributed by atoms with Crippen LogP contribution in [0.4, 0.5) is 0 Å². The quantitative estimate of drug-likeness (QED) is 0.168. The van der Waals surface area contributed by atoms with Crippen molar-refractivity contribution in [1.82, 2.24) is 4.90 Å². The van der Waals surface area contributed by atoms with Crippen molar-refractivity contribution < 1.29 is 5.41 Å². The van der Waals surface area contributed by atoms with Gasteiger partial charge in [0.25, 0.3) is 0 Å². The van der Waals surface area contributed by atoms with Crippen LogP contribution in [-0.4, -0.2) is 25.3 Å². The van der Waals surface area contributed by atoms with Gasteiger partial charge >= 0.3 is 0 Å². The topological polar surface area (TPSA) is 28.8 Å². The molecule has 0 aromatic rings. The normalized spacial score (nSPS) is 6.80. The van der Waals surface area contributed by atoms with Gasteiger partial charge in [-0.2, -0.15) is 0 Å². The van der Waals surface area contributed by atoms with E-state index in [4.69, 9.17) is 5.41 Å². The van der Waals surface area contributed by atoms with Gasteiger partial charge in [0.05, 0.1) is 0 Å². The van der Waals surface area contributed by atoms with E-state index >= 15 is 0 Å². The Bertz CT molecular complexity index is 31.9. The van der Waals surface area contributed by atoms with Crippen LogP contribution in [0.2, 0.25) is 0 Å². The highest BCUT2D eigenvalue weighted by Crippen LogP contribution is 1.49. The van der Waals surface area contributed by atoms with Gasteiger partial charge in [0.15, 0.2) is 0 Å². The van der Waals surface area contributed by atoms with Crippen molar-refractivity contribution in [3.63, 3.8) is 0 Å². The molecule has 2 N–H and O–H groups in total. The zero-order valence-electron chi connectivity index (χ0n) is 3.52. The largest absolute Gasteiger partial charge is 0.463 e. The average Bonchev–Trinajstić information content (AvgIpc) is 1.38. The standard InChI is InChI=1S/C3H8N2/c1-5(2)3-4/h4H2,1-2H3. The molecule has 0 saturated heterocycles. The molecule has 0 aromatic heterocycles. The zero-order chi connectivity index (χ0) is 4.28. The molecule has 0 spiro atoms. The summed E-state index contributed by atoms with van der Waals surface area (Å²) in [7, 11) is 3.64. The molecule has 0 fully saturated rings. The minimum Gasteiger partial charge on any atom is -0.463 e. The first kappa shape index (κ1) is 4.47. The molecule has 0 aliphatic rings. The number of hydrogen-bond acceptors (Lipinski definition) is 0. The van der Waals surface area contributed by atoms with Crippen LogP contribution in [0, 0.1) is 0 Å². The van der Waals surface area contributed by atoms with E-state index in [0.29, 0.717) is 0 Å². The van der Waals surface area contributed by atoms with Crippen LogP contribution in [0.1, 0.15) is 0 Å². The minimum absolute atomic E-state index is 1.65. The Balaban J connectivity index is 2.83. The van der Waals surface area contributed by atoms with Gasteiger partial charge in [-0.15, -0.1) is 6.34 Å². The molecule has 0 bridgehead atoms. The van der Waals surface area contributed by atoms with Crippen molar-refractivity contribution >= 4 is 6.34 Å². The Kier molecular flexibility index (Phi) is 1.57. The zero-order valence-corrected chi connectivity index (χ0v) is 3.52. The van der Waals surface area contributed by atoms with Gasteiger partial charge in [0, 0.05) is 14.1 Å². The van der Waals surface area contributed by atoms with Gasteiger partial charge in [-0.3, -0.25) is 0 Å². The Morgan fingerprint density at radius 1 is 1.60 bits per heavy atom. The summed E-state index contributed by atoms with van der Waals surface area (Å²) in [5, 5.41) is 4.85. The Labute approximate surface area is 31.9 Å². The lowest BCUT2D eigenvalue weighted by Gasteiger charge is -2.03. The second-order valence-electron chi connectivity index (χ2n) is 1.02. The third-order valence-corrected chi connectivity index (χ3v) is 0.258. The first-order valence-corrected chi connectivity index (χ1v) is 1.41. The van der Waals surface area contributed by atoms with Crippen LogP contribution in [0.5, 0.6) is 0 Å². The van der Waals surface area contributed by atoms with Gasteiger partial charge < -0.3 is 10.3 Å². The van der Waals surface area contributed by atoms with Crippen molar-refractivity contribution in [3.8, 4) is 0 Å². The second kappa shape index (κ2) is 1.76. The minimum atomic E-state index is 1.65. The van der Waals surface area contributed by atoms with E-state index in [1.165, 1.54) is 0 Å². The number of nitrogens with zero attached hydrogens (tertiary/aromatic N) is 1. The summed E-state index contributed by atoms with van der Waals surface area (Å²) in [4.78, 5) is 1.65. The van der Waals surface area contributed by atoms with Crippen molar-refractivity contribution in [2.45, 2.75) is 0 Å². The molecule has 0 atom stereocenters. The van der Waals surface area contributed by atoms with E-state index in [1.807, 2.05) is 14.1 Å². The highest BCUT2D eigenvalue weighted by atomic mass is 15.1. The van der Waals surface area contributed by atoms with E-state index in [2.05, 4.69) is 6.34 Å². The molecule has 2 nitrogen and oxygen atoms in total. The van der Waals surface area contributed by atoms with Crippen LogP contribution in [-0.2, 0) is 0 Å². The van der Waals surface area contributed by atoms with Crippen LogP contribution < -0.4 is 5.41 Å². The molecule has 0 heterocycles. The van der Waals surface area contributed by atoms with Crippen molar-refractivity contribution in [2.75, 3.05) is 14.1 Å². The van der Waals surface area contributed by atoms with Gasteiger partial charge in [-0.05, 0) is 0 Å². The Morgan fingerprint density at radius 2 is 1.80 bits per heavy atom. The molecule has 0 unspecified atom stereocenters. The van der Waals surface area contributed by atoms with Crippen LogP contribution >= 0.6 is 0 Å². The smallest absolute Gasteiger partial charge is 0.0410 e. The third-order valence-electron chi connectivity index (χ3n) is 0.258. The molecule has 0 aliphatic carbocycles. The summed E-state index contributed by atoms with van der Waals surface area (Å²) in [6.07, 6.45) is 2.36. The highest BCUT2D eigenvalue weighted by molar-refractivity contribution is 5.45. The number of hydrogen-bond donors (Lipinski definition) is 1.